The Labute approximate surface area is 144 Å². The van der Waals surface area contributed by atoms with Crippen LogP contribution in [0.5, 0.6) is 11.6 Å². The molecule has 0 fully saturated rings. The van der Waals surface area contributed by atoms with E-state index in [0.29, 0.717) is 6.07 Å². The maximum absolute atomic E-state index is 13.6. The van der Waals surface area contributed by atoms with Gasteiger partial charge in [0.15, 0.2) is 11.5 Å². The zero-order chi connectivity index (χ0) is 18.7. The summed E-state index contributed by atoms with van der Waals surface area (Å²) in [7, 11) is 0. The summed E-state index contributed by atoms with van der Waals surface area (Å²) < 4.78 is 58.3. The number of hydrogen-bond acceptors (Lipinski definition) is 5. The van der Waals surface area contributed by atoms with Gasteiger partial charge in [-0.05, 0) is 24.3 Å². The Balaban J connectivity index is 2.10. The van der Waals surface area contributed by atoms with Crippen LogP contribution in [0.4, 0.5) is 17.6 Å². The molecule has 0 aliphatic rings. The summed E-state index contributed by atoms with van der Waals surface area (Å²) in [5.74, 6) is -1.86. The molecule has 2 aromatic heterocycles. The van der Waals surface area contributed by atoms with Crippen LogP contribution in [0.25, 0.3) is 11.4 Å². The zero-order valence-corrected chi connectivity index (χ0v) is 12.8. The molecule has 2 heterocycles. The molecular formula is C17H8F4N4O. The van der Waals surface area contributed by atoms with Gasteiger partial charge in [0.2, 0.25) is 5.88 Å². The van der Waals surface area contributed by atoms with Crippen LogP contribution in [0.2, 0.25) is 0 Å². The molecule has 0 atom stereocenters. The maximum atomic E-state index is 13.6. The highest BCUT2D eigenvalue weighted by Gasteiger charge is 2.34. The summed E-state index contributed by atoms with van der Waals surface area (Å²) >= 11 is 0. The van der Waals surface area contributed by atoms with Gasteiger partial charge in [-0.3, -0.25) is 4.98 Å². The second kappa shape index (κ2) is 6.76. The van der Waals surface area contributed by atoms with Crippen molar-refractivity contribution in [1.29, 1.82) is 5.26 Å². The van der Waals surface area contributed by atoms with Crippen molar-refractivity contribution in [1.82, 2.24) is 15.0 Å². The molecule has 0 saturated heterocycles. The van der Waals surface area contributed by atoms with Crippen molar-refractivity contribution in [2.75, 3.05) is 0 Å². The number of alkyl halides is 3. The van der Waals surface area contributed by atoms with Crippen molar-refractivity contribution in [3.8, 4) is 29.1 Å². The van der Waals surface area contributed by atoms with Crippen LogP contribution in [0.1, 0.15) is 11.3 Å². The fourth-order valence-corrected chi connectivity index (χ4v) is 2.06. The molecule has 1 aromatic carbocycles. The third kappa shape index (κ3) is 3.59. The Bertz CT molecular complexity index is 984. The molecule has 130 valence electrons. The molecule has 0 spiro atoms. The second-order valence-electron chi connectivity index (χ2n) is 4.98. The largest absolute Gasteiger partial charge is 0.437 e. The summed E-state index contributed by atoms with van der Waals surface area (Å²) in [6.45, 7) is 0. The van der Waals surface area contributed by atoms with Crippen LogP contribution in [0, 0.1) is 17.1 Å². The molecule has 0 amide bonds. The van der Waals surface area contributed by atoms with Crippen LogP contribution in [-0.2, 0) is 6.18 Å². The standard InChI is InChI=1S/C17H8F4N4O/c18-12-4-1-5-13(11(12)8-22)26-15-7-14(17(19,20)21)24-16(25-15)10-3-2-6-23-9-10/h1-7,9H. The smallest absolute Gasteiger partial charge is 0.433 e. The van der Waals surface area contributed by atoms with E-state index in [1.807, 2.05) is 0 Å². The molecule has 0 aliphatic carbocycles. The molecule has 5 nitrogen and oxygen atoms in total. The SMILES string of the molecule is N#Cc1c(F)cccc1Oc1cc(C(F)(F)F)nc(-c2cccnc2)n1. The normalized spacial score (nSPS) is 11.0. The van der Waals surface area contributed by atoms with Crippen LogP contribution in [0.15, 0.2) is 48.8 Å². The van der Waals surface area contributed by atoms with Gasteiger partial charge in [0, 0.05) is 24.0 Å². The van der Waals surface area contributed by atoms with Gasteiger partial charge in [-0.1, -0.05) is 6.07 Å². The summed E-state index contributed by atoms with van der Waals surface area (Å²) in [5, 5.41) is 9.00. The third-order valence-electron chi connectivity index (χ3n) is 3.21. The quantitative estimate of drug-likeness (QED) is 0.649. The molecule has 0 aliphatic heterocycles. The van der Waals surface area contributed by atoms with Crippen molar-refractivity contribution >= 4 is 0 Å². The molecule has 0 saturated carbocycles. The molecule has 0 unspecified atom stereocenters. The van der Waals surface area contributed by atoms with E-state index in [4.69, 9.17) is 10.00 Å². The minimum absolute atomic E-state index is 0.239. The molecule has 0 N–H and O–H groups in total. The highest BCUT2D eigenvalue weighted by atomic mass is 19.4. The molecule has 3 rings (SSSR count). The third-order valence-corrected chi connectivity index (χ3v) is 3.21. The minimum atomic E-state index is -4.75. The number of ether oxygens (including phenoxy) is 1. The Kier molecular flexibility index (Phi) is 4.49. The predicted molar refractivity (Wildman–Crippen MR) is 81.5 cm³/mol. The van der Waals surface area contributed by atoms with Gasteiger partial charge in [0.1, 0.15) is 23.2 Å². The Morgan fingerprint density at radius 3 is 2.54 bits per heavy atom. The lowest BCUT2D eigenvalue weighted by atomic mass is 10.2. The van der Waals surface area contributed by atoms with Crippen LogP contribution in [-0.4, -0.2) is 15.0 Å². The summed E-state index contributed by atoms with van der Waals surface area (Å²) in [6, 6.07) is 8.72. The van der Waals surface area contributed by atoms with E-state index in [1.165, 1.54) is 36.7 Å². The first-order valence-corrected chi connectivity index (χ1v) is 7.11. The number of halogens is 4. The van der Waals surface area contributed by atoms with E-state index in [0.717, 1.165) is 6.07 Å². The minimum Gasteiger partial charge on any atom is -0.437 e. The summed E-state index contributed by atoms with van der Waals surface area (Å²) in [5.41, 5.74) is -1.44. The highest BCUT2D eigenvalue weighted by Crippen LogP contribution is 2.33. The number of nitriles is 1. The van der Waals surface area contributed by atoms with Gasteiger partial charge in [-0.15, -0.1) is 0 Å². The van der Waals surface area contributed by atoms with Crippen LogP contribution >= 0.6 is 0 Å². The van der Waals surface area contributed by atoms with Crippen molar-refractivity contribution < 1.29 is 22.3 Å². The lowest BCUT2D eigenvalue weighted by Gasteiger charge is -2.12. The number of benzene rings is 1. The number of pyridine rings is 1. The van der Waals surface area contributed by atoms with Gasteiger partial charge in [-0.2, -0.15) is 23.4 Å². The van der Waals surface area contributed by atoms with Crippen LogP contribution in [0.3, 0.4) is 0 Å². The average molecular weight is 360 g/mol. The van der Waals surface area contributed by atoms with Crippen molar-refractivity contribution in [3.05, 3.63) is 65.9 Å². The highest BCUT2D eigenvalue weighted by molar-refractivity contribution is 5.54. The van der Waals surface area contributed by atoms with E-state index < -0.39 is 29.1 Å². The molecule has 3 aromatic rings. The number of rotatable bonds is 3. The van der Waals surface area contributed by atoms with Crippen LogP contribution < -0.4 is 4.74 Å². The first-order chi connectivity index (χ1) is 12.4. The second-order valence-corrected chi connectivity index (χ2v) is 4.98. The van der Waals surface area contributed by atoms with Gasteiger partial charge in [-0.25, -0.2) is 9.37 Å². The van der Waals surface area contributed by atoms with E-state index in [2.05, 4.69) is 15.0 Å². The van der Waals surface area contributed by atoms with Crippen molar-refractivity contribution in [3.63, 3.8) is 0 Å². The number of nitrogens with zero attached hydrogens (tertiary/aromatic N) is 4. The summed E-state index contributed by atoms with van der Waals surface area (Å²) in [4.78, 5) is 11.2. The van der Waals surface area contributed by atoms with E-state index in [1.54, 1.807) is 6.07 Å². The average Bonchev–Trinajstić information content (AvgIpc) is 2.62. The molecule has 0 radical (unpaired) electrons. The molecule has 0 bridgehead atoms. The zero-order valence-electron chi connectivity index (χ0n) is 12.8. The Hall–Kier alpha value is -3.54. The van der Waals surface area contributed by atoms with Crippen molar-refractivity contribution in [2.24, 2.45) is 0 Å². The maximum Gasteiger partial charge on any atom is 0.433 e. The monoisotopic (exact) mass is 360 g/mol. The van der Waals surface area contributed by atoms with E-state index >= 15 is 0 Å². The van der Waals surface area contributed by atoms with Gasteiger partial charge >= 0.3 is 6.18 Å². The fourth-order valence-electron chi connectivity index (χ4n) is 2.06. The van der Waals surface area contributed by atoms with E-state index in [-0.39, 0.29) is 17.1 Å². The van der Waals surface area contributed by atoms with Crippen molar-refractivity contribution in [2.45, 2.75) is 6.18 Å². The van der Waals surface area contributed by atoms with Gasteiger partial charge < -0.3 is 4.74 Å². The Morgan fingerprint density at radius 1 is 1.08 bits per heavy atom. The summed E-state index contributed by atoms with van der Waals surface area (Å²) in [6.07, 6.45) is -2.01. The number of aromatic nitrogens is 3. The predicted octanol–water partition coefficient (Wildman–Crippen LogP) is 4.36. The lowest BCUT2D eigenvalue weighted by Crippen LogP contribution is -2.10. The molecule has 26 heavy (non-hydrogen) atoms. The lowest BCUT2D eigenvalue weighted by molar-refractivity contribution is -0.141. The molecule has 9 heteroatoms. The Morgan fingerprint density at radius 2 is 1.88 bits per heavy atom. The topological polar surface area (TPSA) is 71.7 Å². The molecular weight excluding hydrogens is 352 g/mol. The fraction of sp³-hybridized carbons (Fsp3) is 0.0588. The first kappa shape index (κ1) is 17.3. The first-order valence-electron chi connectivity index (χ1n) is 7.11. The van der Waals surface area contributed by atoms with Gasteiger partial charge in [0.25, 0.3) is 0 Å². The van der Waals surface area contributed by atoms with Gasteiger partial charge in [0.05, 0.1) is 0 Å². The van der Waals surface area contributed by atoms with E-state index in [9.17, 15) is 17.6 Å². The number of hydrogen-bond donors (Lipinski definition) is 0.